The molecule has 1 aromatic rings. The second-order valence-electron chi connectivity index (χ2n) is 10.5. The number of hydrogen-bond acceptors (Lipinski definition) is 6. The van der Waals surface area contributed by atoms with Gasteiger partial charge in [-0.15, -0.1) is 0 Å². The molecule has 2 fully saturated rings. The first-order valence-electron chi connectivity index (χ1n) is 12.2. The van der Waals surface area contributed by atoms with Crippen molar-refractivity contribution in [2.24, 2.45) is 23.7 Å². The summed E-state index contributed by atoms with van der Waals surface area (Å²) in [5.41, 5.74) is 2.02. The molecule has 0 radical (unpaired) electrons. The van der Waals surface area contributed by atoms with Crippen LogP contribution in [0.4, 0.5) is 0 Å². The monoisotopic (exact) mass is 458 g/mol. The van der Waals surface area contributed by atoms with Crippen LogP contribution in [0.15, 0.2) is 18.2 Å². The number of ether oxygens (including phenoxy) is 2. The Morgan fingerprint density at radius 2 is 2.09 bits per heavy atom. The lowest BCUT2D eigenvalue weighted by Gasteiger charge is -2.40. The van der Waals surface area contributed by atoms with Gasteiger partial charge >= 0.3 is 5.97 Å². The van der Waals surface area contributed by atoms with Crippen LogP contribution in [0.25, 0.3) is 0 Å². The Balaban J connectivity index is 1.70. The number of nitrogens with zero attached hydrogens (tertiary/aromatic N) is 1. The van der Waals surface area contributed by atoms with Crippen molar-refractivity contribution in [2.75, 3.05) is 20.8 Å². The van der Waals surface area contributed by atoms with Crippen LogP contribution in [0.3, 0.4) is 0 Å². The van der Waals surface area contributed by atoms with Gasteiger partial charge in [0, 0.05) is 24.8 Å². The first-order chi connectivity index (χ1) is 15.7. The van der Waals surface area contributed by atoms with Crippen molar-refractivity contribution in [2.45, 2.75) is 70.7 Å². The van der Waals surface area contributed by atoms with E-state index in [9.17, 15) is 14.7 Å². The first kappa shape index (κ1) is 24.0. The van der Waals surface area contributed by atoms with Gasteiger partial charge in [0.1, 0.15) is 18.0 Å². The molecule has 1 saturated heterocycles. The lowest BCUT2D eigenvalue weighted by atomic mass is 9.76. The maximum absolute atomic E-state index is 13.2. The summed E-state index contributed by atoms with van der Waals surface area (Å²) in [6.07, 6.45) is 2.73. The number of methoxy groups -OCH3 is 2. The Morgan fingerprint density at radius 1 is 1.33 bits per heavy atom. The molecule has 2 aliphatic heterocycles. The van der Waals surface area contributed by atoms with Crippen LogP contribution in [0.2, 0.25) is 0 Å². The summed E-state index contributed by atoms with van der Waals surface area (Å²) < 4.78 is 10.5. The molecular formula is C26H38N2O5. The largest absolute Gasteiger partial charge is 0.497 e. The van der Waals surface area contributed by atoms with Gasteiger partial charge in [0.25, 0.3) is 0 Å². The molecule has 1 aliphatic carbocycles. The highest BCUT2D eigenvalue weighted by molar-refractivity contribution is 5.81. The molecule has 1 aromatic carbocycles. The quantitative estimate of drug-likeness (QED) is 0.483. The van der Waals surface area contributed by atoms with E-state index in [2.05, 4.69) is 29.3 Å². The van der Waals surface area contributed by atoms with Crippen LogP contribution in [0.5, 0.6) is 5.75 Å². The van der Waals surface area contributed by atoms with Gasteiger partial charge < -0.3 is 19.5 Å². The van der Waals surface area contributed by atoms with Gasteiger partial charge in [-0.25, -0.2) is 0 Å². The minimum Gasteiger partial charge on any atom is -0.497 e. The number of esters is 1. The number of carbonyl (C=O) groups is 2. The van der Waals surface area contributed by atoms with E-state index < -0.39 is 17.8 Å². The molecule has 1 amide bonds. The maximum atomic E-state index is 13.2. The fraction of sp³-hybridized carbons (Fsp3) is 0.692. The molecule has 2 heterocycles. The number of benzene rings is 1. The van der Waals surface area contributed by atoms with Crippen molar-refractivity contribution < 1.29 is 24.2 Å². The number of aliphatic hydroxyl groups excluding tert-OH is 1. The number of aliphatic hydroxyl groups is 1. The molecule has 182 valence electrons. The van der Waals surface area contributed by atoms with Gasteiger partial charge in [-0.05, 0) is 60.8 Å². The van der Waals surface area contributed by atoms with Crippen LogP contribution >= 0.6 is 0 Å². The van der Waals surface area contributed by atoms with Gasteiger partial charge in [0.2, 0.25) is 5.91 Å². The average molecular weight is 459 g/mol. The SMILES string of the molecule is COC(=O)[C@H](CC(C)C)NC(O)C1C2CC(=O)N3CCCc4cc(OC)ccc4C23C[C@@H]1C. The number of hydrogen-bond donors (Lipinski definition) is 2. The van der Waals surface area contributed by atoms with Crippen molar-refractivity contribution in [3.05, 3.63) is 29.3 Å². The van der Waals surface area contributed by atoms with Gasteiger partial charge in [-0.2, -0.15) is 0 Å². The smallest absolute Gasteiger partial charge is 0.322 e. The zero-order valence-corrected chi connectivity index (χ0v) is 20.5. The Labute approximate surface area is 196 Å². The van der Waals surface area contributed by atoms with E-state index in [1.807, 2.05) is 19.9 Å². The summed E-state index contributed by atoms with van der Waals surface area (Å²) >= 11 is 0. The Hall–Kier alpha value is -2.12. The molecule has 0 bridgehead atoms. The molecule has 7 nitrogen and oxygen atoms in total. The Morgan fingerprint density at radius 3 is 2.76 bits per heavy atom. The Bertz CT molecular complexity index is 903. The van der Waals surface area contributed by atoms with Crippen LogP contribution in [0, 0.1) is 23.7 Å². The minimum atomic E-state index is -0.898. The van der Waals surface area contributed by atoms with Crippen molar-refractivity contribution in [1.29, 1.82) is 0 Å². The fourth-order valence-corrected chi connectivity index (χ4v) is 6.86. The van der Waals surface area contributed by atoms with Gasteiger partial charge in [-0.3, -0.25) is 14.9 Å². The third-order valence-electron chi connectivity index (χ3n) is 8.08. The van der Waals surface area contributed by atoms with Crippen molar-refractivity contribution in [3.8, 4) is 5.75 Å². The minimum absolute atomic E-state index is 0.0231. The molecule has 1 spiro atoms. The third-order valence-corrected chi connectivity index (χ3v) is 8.08. The van der Waals surface area contributed by atoms with E-state index in [-0.39, 0.29) is 35.5 Å². The summed E-state index contributed by atoms with van der Waals surface area (Å²) in [6, 6.07) is 5.64. The van der Waals surface area contributed by atoms with Crippen LogP contribution in [-0.4, -0.2) is 54.9 Å². The summed E-state index contributed by atoms with van der Waals surface area (Å²) in [6.45, 7) is 6.98. The molecule has 6 atom stereocenters. The van der Waals surface area contributed by atoms with Crippen LogP contribution in [0.1, 0.15) is 57.6 Å². The van der Waals surface area contributed by atoms with Crippen LogP contribution < -0.4 is 10.1 Å². The van der Waals surface area contributed by atoms with Crippen molar-refractivity contribution >= 4 is 11.9 Å². The van der Waals surface area contributed by atoms with E-state index in [4.69, 9.17) is 9.47 Å². The van der Waals surface area contributed by atoms with Gasteiger partial charge in [0.15, 0.2) is 0 Å². The number of carbonyl (C=O) groups excluding carboxylic acids is 2. The van der Waals surface area contributed by atoms with E-state index in [0.717, 1.165) is 31.6 Å². The molecule has 2 N–H and O–H groups in total. The lowest BCUT2D eigenvalue weighted by molar-refractivity contribution is -0.145. The van der Waals surface area contributed by atoms with Crippen LogP contribution in [-0.2, 0) is 26.3 Å². The molecule has 33 heavy (non-hydrogen) atoms. The highest BCUT2D eigenvalue weighted by Crippen LogP contribution is 2.61. The first-order valence-corrected chi connectivity index (χ1v) is 12.2. The molecule has 4 rings (SSSR count). The summed E-state index contributed by atoms with van der Waals surface area (Å²) in [5.74, 6) is 0.917. The standard InChI is InChI=1S/C26H38N2O5/c1-15(2)11-21(25(31)33-5)27-24(30)23-16(3)14-26-19-9-8-18(32-4)12-17(19)7-6-10-28(26)22(29)13-20(23)26/h8-9,12,15-16,20-21,23-24,27,30H,6-7,10-11,13-14H2,1-5H3/t16-,20?,21-,23?,24?,26?/m0/s1. The predicted octanol–water partition coefficient (Wildman–Crippen LogP) is 2.84. The zero-order valence-electron chi connectivity index (χ0n) is 20.5. The highest BCUT2D eigenvalue weighted by atomic mass is 16.5. The number of fused-ring (bicyclic) bond motifs is 1. The number of nitrogens with one attached hydrogen (secondary N) is 1. The predicted molar refractivity (Wildman–Crippen MR) is 124 cm³/mol. The fourth-order valence-electron chi connectivity index (χ4n) is 6.86. The molecule has 4 unspecified atom stereocenters. The van der Waals surface area contributed by atoms with E-state index in [1.54, 1.807) is 7.11 Å². The zero-order chi connectivity index (χ0) is 23.9. The molecule has 1 saturated carbocycles. The third kappa shape index (κ3) is 4.03. The molecule has 7 heteroatoms. The average Bonchev–Trinajstić information content (AvgIpc) is 3.13. The summed E-state index contributed by atoms with van der Waals surface area (Å²) in [4.78, 5) is 27.7. The summed E-state index contributed by atoms with van der Waals surface area (Å²) in [5, 5.41) is 14.6. The topological polar surface area (TPSA) is 88.1 Å². The van der Waals surface area contributed by atoms with Gasteiger partial charge in [0.05, 0.1) is 19.8 Å². The van der Waals surface area contributed by atoms with E-state index >= 15 is 0 Å². The normalized spacial score (nSPS) is 30.3. The maximum Gasteiger partial charge on any atom is 0.322 e. The number of aryl methyl sites for hydroxylation is 1. The molecule has 3 aliphatic rings. The number of amides is 1. The Kier molecular flexibility index (Phi) is 6.74. The van der Waals surface area contributed by atoms with E-state index in [1.165, 1.54) is 18.2 Å². The lowest BCUT2D eigenvalue weighted by Crippen LogP contribution is -2.50. The molecule has 0 aromatic heterocycles. The van der Waals surface area contributed by atoms with E-state index in [0.29, 0.717) is 12.8 Å². The molecular weight excluding hydrogens is 420 g/mol. The van der Waals surface area contributed by atoms with Gasteiger partial charge in [-0.1, -0.05) is 26.8 Å². The van der Waals surface area contributed by atoms with Crippen molar-refractivity contribution in [3.63, 3.8) is 0 Å². The summed E-state index contributed by atoms with van der Waals surface area (Å²) in [7, 11) is 3.05. The highest BCUT2D eigenvalue weighted by Gasteiger charge is 2.64. The van der Waals surface area contributed by atoms with Crippen molar-refractivity contribution in [1.82, 2.24) is 10.2 Å². The second kappa shape index (κ2) is 9.26. The second-order valence-corrected chi connectivity index (χ2v) is 10.5. The number of rotatable bonds is 7.